The molecule has 0 aliphatic carbocycles. The van der Waals surface area contributed by atoms with Crippen LogP contribution in [-0.4, -0.2) is 16.9 Å². The van der Waals surface area contributed by atoms with Crippen LogP contribution >= 0.6 is 0 Å². The van der Waals surface area contributed by atoms with E-state index in [0.29, 0.717) is 6.61 Å². The molecule has 1 aliphatic rings. The maximum Gasteiger partial charge on any atom is 0.304 e. The molecule has 0 aromatic carbocycles. The van der Waals surface area contributed by atoms with Gasteiger partial charge in [0.1, 0.15) is 0 Å². The Balaban J connectivity index is 2.60. The summed E-state index contributed by atoms with van der Waals surface area (Å²) in [6, 6.07) is 0. The summed E-state index contributed by atoms with van der Waals surface area (Å²) in [7, 11) is 0. The normalized spacial score (nSPS) is 39.5. The Morgan fingerprint density at radius 3 is 2.60 bits per heavy atom. The van der Waals surface area contributed by atoms with Gasteiger partial charge in [-0.25, -0.2) is 0 Å². The molecule has 1 heterocycles. The zero-order chi connectivity index (χ0) is 7.78. The van der Waals surface area contributed by atoms with E-state index in [1.807, 2.05) is 20.8 Å². The van der Waals surface area contributed by atoms with Gasteiger partial charge in [0, 0.05) is 5.41 Å². The van der Waals surface area contributed by atoms with Gasteiger partial charge in [0.15, 0.2) is 0 Å². The van der Waals surface area contributed by atoms with Crippen molar-refractivity contribution in [3.8, 4) is 0 Å². The van der Waals surface area contributed by atoms with E-state index in [9.17, 15) is 4.21 Å². The highest BCUT2D eigenvalue weighted by Gasteiger charge is 2.34. The summed E-state index contributed by atoms with van der Waals surface area (Å²) in [6.07, 6.45) is 0.00193. The molecular weight excluding hydrogens is 152 g/mol. The molecule has 0 bridgehead atoms. The predicted molar refractivity (Wildman–Crippen MR) is 38.4 cm³/mol. The van der Waals surface area contributed by atoms with Gasteiger partial charge in [-0.1, -0.05) is 13.8 Å². The molecule has 10 heavy (non-hydrogen) atoms. The summed E-state index contributed by atoms with van der Waals surface area (Å²) in [5, 5.41) is 0. The average Bonchev–Trinajstić information content (AvgIpc) is 1.81. The first-order chi connectivity index (χ1) is 4.52. The Morgan fingerprint density at radius 2 is 2.20 bits per heavy atom. The Morgan fingerprint density at radius 1 is 1.60 bits per heavy atom. The maximum atomic E-state index is 10.6. The Hall–Kier alpha value is 0.0700. The second-order valence-corrected chi connectivity index (χ2v) is 4.03. The molecule has 0 aromatic rings. The second kappa shape index (κ2) is 2.60. The van der Waals surface area contributed by atoms with Crippen LogP contribution in [0.4, 0.5) is 0 Å². The van der Waals surface area contributed by atoms with E-state index in [-0.39, 0.29) is 11.5 Å². The van der Waals surface area contributed by atoms with Crippen LogP contribution in [0.1, 0.15) is 20.8 Å². The molecule has 0 saturated carbocycles. The minimum Gasteiger partial charge on any atom is -0.268 e. The lowest BCUT2D eigenvalue weighted by atomic mass is 9.89. The van der Waals surface area contributed by atoms with Crippen LogP contribution in [0.25, 0.3) is 0 Å². The molecule has 3 nitrogen and oxygen atoms in total. The predicted octanol–water partition coefficient (Wildman–Crippen LogP) is 1.03. The van der Waals surface area contributed by atoms with E-state index in [1.165, 1.54) is 0 Å². The molecule has 4 heteroatoms. The van der Waals surface area contributed by atoms with Crippen LogP contribution in [0, 0.1) is 5.41 Å². The van der Waals surface area contributed by atoms with Gasteiger partial charge in [0.25, 0.3) is 0 Å². The number of hydrogen-bond donors (Lipinski definition) is 0. The number of hydrogen-bond acceptors (Lipinski definition) is 3. The molecule has 0 amide bonds. The van der Waals surface area contributed by atoms with Gasteiger partial charge < -0.3 is 0 Å². The fraction of sp³-hybridized carbons (Fsp3) is 1.00. The van der Waals surface area contributed by atoms with Crippen LogP contribution < -0.4 is 0 Å². The third kappa shape index (κ3) is 1.56. The minimum absolute atomic E-state index is 0.00193. The molecule has 0 unspecified atom stereocenters. The molecule has 0 spiro atoms. The van der Waals surface area contributed by atoms with E-state index in [0.717, 1.165) is 0 Å². The molecule has 0 radical (unpaired) electrons. The SMILES string of the molecule is C[C@@H]1O[S@](=O)OCC1(C)C. The highest BCUT2D eigenvalue weighted by Crippen LogP contribution is 2.28. The van der Waals surface area contributed by atoms with Crippen molar-refractivity contribution in [3.63, 3.8) is 0 Å². The van der Waals surface area contributed by atoms with Crippen molar-refractivity contribution in [1.82, 2.24) is 0 Å². The largest absolute Gasteiger partial charge is 0.304 e. The first-order valence-corrected chi connectivity index (χ1v) is 4.24. The van der Waals surface area contributed by atoms with Crippen molar-refractivity contribution >= 4 is 11.4 Å². The Bertz CT molecular complexity index is 155. The highest BCUT2D eigenvalue weighted by molar-refractivity contribution is 7.75. The van der Waals surface area contributed by atoms with Gasteiger partial charge in [-0.15, -0.1) is 0 Å². The zero-order valence-electron chi connectivity index (χ0n) is 6.42. The van der Waals surface area contributed by atoms with Gasteiger partial charge in [0.05, 0.1) is 12.7 Å². The van der Waals surface area contributed by atoms with E-state index < -0.39 is 11.4 Å². The lowest BCUT2D eigenvalue weighted by molar-refractivity contribution is 0.00659. The van der Waals surface area contributed by atoms with Gasteiger partial charge in [-0.3, -0.25) is 8.37 Å². The van der Waals surface area contributed by atoms with Crippen LogP contribution in [0.2, 0.25) is 0 Å². The second-order valence-electron chi connectivity index (χ2n) is 3.19. The van der Waals surface area contributed by atoms with Crippen LogP contribution in [0.15, 0.2) is 0 Å². The van der Waals surface area contributed by atoms with Crippen LogP contribution in [0.3, 0.4) is 0 Å². The van der Waals surface area contributed by atoms with Crippen molar-refractivity contribution in [1.29, 1.82) is 0 Å². The van der Waals surface area contributed by atoms with Crippen molar-refractivity contribution < 1.29 is 12.6 Å². The van der Waals surface area contributed by atoms with E-state index in [1.54, 1.807) is 0 Å². The van der Waals surface area contributed by atoms with Crippen molar-refractivity contribution in [2.45, 2.75) is 26.9 Å². The average molecular weight is 164 g/mol. The van der Waals surface area contributed by atoms with Crippen LogP contribution in [-0.2, 0) is 19.7 Å². The monoisotopic (exact) mass is 164 g/mol. The molecule has 60 valence electrons. The molecule has 2 atom stereocenters. The van der Waals surface area contributed by atoms with Crippen molar-refractivity contribution in [3.05, 3.63) is 0 Å². The Kier molecular flexibility index (Phi) is 2.12. The maximum absolute atomic E-state index is 10.6. The molecule has 1 rings (SSSR count). The molecule has 1 fully saturated rings. The molecule has 0 aromatic heterocycles. The van der Waals surface area contributed by atoms with Crippen molar-refractivity contribution in [2.24, 2.45) is 5.41 Å². The zero-order valence-corrected chi connectivity index (χ0v) is 7.23. The third-order valence-corrected chi connectivity index (χ3v) is 2.61. The first-order valence-electron chi connectivity index (χ1n) is 3.24. The van der Waals surface area contributed by atoms with Crippen LogP contribution in [0.5, 0.6) is 0 Å². The van der Waals surface area contributed by atoms with Gasteiger partial charge in [-0.05, 0) is 6.92 Å². The fourth-order valence-electron chi connectivity index (χ4n) is 0.593. The van der Waals surface area contributed by atoms with Gasteiger partial charge in [0.2, 0.25) is 0 Å². The topological polar surface area (TPSA) is 35.5 Å². The van der Waals surface area contributed by atoms with Crippen molar-refractivity contribution in [2.75, 3.05) is 6.61 Å². The molecule has 1 aliphatic heterocycles. The summed E-state index contributed by atoms with van der Waals surface area (Å²) < 4.78 is 20.4. The van der Waals surface area contributed by atoms with E-state index >= 15 is 0 Å². The fourth-order valence-corrected chi connectivity index (χ4v) is 1.54. The summed E-state index contributed by atoms with van der Waals surface area (Å²) in [6.45, 7) is 6.45. The highest BCUT2D eigenvalue weighted by atomic mass is 32.2. The summed E-state index contributed by atoms with van der Waals surface area (Å²) in [4.78, 5) is 0. The molecule has 0 N–H and O–H groups in total. The number of rotatable bonds is 0. The standard InChI is InChI=1S/C6H12O3S/c1-5-6(2,3)4-8-10(7)9-5/h5H,4H2,1-3H3/t5-,10+/m0/s1. The van der Waals surface area contributed by atoms with E-state index in [2.05, 4.69) is 0 Å². The Labute approximate surface area is 63.6 Å². The van der Waals surface area contributed by atoms with Gasteiger partial charge >= 0.3 is 11.4 Å². The molecular formula is C6H12O3S. The lowest BCUT2D eigenvalue weighted by Gasteiger charge is -2.33. The minimum atomic E-state index is -1.52. The summed E-state index contributed by atoms with van der Waals surface area (Å²) in [5.41, 5.74) is -0.0199. The summed E-state index contributed by atoms with van der Waals surface area (Å²) >= 11 is -1.52. The molecule has 1 saturated heterocycles. The lowest BCUT2D eigenvalue weighted by Crippen LogP contribution is -2.39. The quantitative estimate of drug-likeness (QED) is 0.536. The smallest absolute Gasteiger partial charge is 0.268 e. The summed E-state index contributed by atoms with van der Waals surface area (Å²) in [5.74, 6) is 0. The first kappa shape index (κ1) is 8.17. The van der Waals surface area contributed by atoms with Gasteiger partial charge in [-0.2, -0.15) is 4.21 Å². The third-order valence-electron chi connectivity index (χ3n) is 1.85. The van der Waals surface area contributed by atoms with E-state index in [4.69, 9.17) is 8.37 Å².